The van der Waals surface area contributed by atoms with Crippen molar-refractivity contribution in [3.8, 4) is 0 Å². The molecule has 0 heterocycles. The quantitative estimate of drug-likeness (QED) is 0.168. The molecule has 0 radical (unpaired) electrons. The minimum absolute atomic E-state index is 0.382. The van der Waals surface area contributed by atoms with Gasteiger partial charge in [-0.15, -0.1) is 0 Å². The molecule has 0 spiro atoms. The summed E-state index contributed by atoms with van der Waals surface area (Å²) >= 11 is 30.1. The van der Waals surface area contributed by atoms with Gasteiger partial charge in [0.05, 0.1) is 5.92 Å². The van der Waals surface area contributed by atoms with Crippen LogP contribution in [0.4, 0.5) is 0 Å². The van der Waals surface area contributed by atoms with E-state index >= 15 is 0 Å². The van der Waals surface area contributed by atoms with Gasteiger partial charge in [-0.05, 0) is 35.4 Å². The van der Waals surface area contributed by atoms with Crippen LogP contribution in [0.15, 0.2) is 48.5 Å². The first kappa shape index (κ1) is 36.4. The van der Waals surface area contributed by atoms with Crippen LogP contribution in [-0.4, -0.2) is 47.8 Å². The van der Waals surface area contributed by atoms with Crippen LogP contribution < -0.4 is 0 Å². The highest BCUT2D eigenvalue weighted by Gasteiger charge is 2.35. The van der Waals surface area contributed by atoms with Crippen molar-refractivity contribution in [3.05, 3.63) is 69.7 Å². The molecule has 0 saturated carbocycles. The zero-order valence-corrected chi connectivity index (χ0v) is 22.6. The van der Waals surface area contributed by atoms with Gasteiger partial charge in [-0.2, -0.15) is 0 Å². The van der Waals surface area contributed by atoms with Crippen LogP contribution >= 0.6 is 81.5 Å². The first-order chi connectivity index (χ1) is 14.9. The van der Waals surface area contributed by atoms with E-state index in [1.807, 2.05) is 24.3 Å². The highest BCUT2D eigenvalue weighted by molar-refractivity contribution is 7.45. The molecule has 0 fully saturated rings. The molecular weight excluding hydrogens is 630 g/mol. The topological polar surface area (TPSA) is 233 Å². The molecule has 0 amide bonds. The second-order valence-corrected chi connectivity index (χ2v) is 11.9. The molecule has 2 aromatic rings. The Balaban J connectivity index is 0. The van der Waals surface area contributed by atoms with Crippen LogP contribution in [0.25, 0.3) is 0 Å². The summed E-state index contributed by atoms with van der Waals surface area (Å²) in [7, 11) is -13.9. The van der Waals surface area contributed by atoms with Crippen molar-refractivity contribution in [1.29, 1.82) is 0 Å². The fraction of sp³-hybridized carbons (Fsp3) is 0.143. The highest BCUT2D eigenvalue weighted by atomic mass is 35.6. The maximum atomic E-state index is 8.88. The van der Waals surface area contributed by atoms with Crippen LogP contribution in [0.1, 0.15) is 17.0 Å². The number of benzene rings is 2. The van der Waals surface area contributed by atoms with Crippen molar-refractivity contribution in [2.45, 2.75) is 9.71 Å². The Morgan fingerprint density at radius 2 is 0.706 bits per heavy atom. The minimum Gasteiger partial charge on any atom is -0.303 e. The van der Waals surface area contributed by atoms with Gasteiger partial charge in [0.1, 0.15) is 0 Å². The first-order valence-corrected chi connectivity index (χ1v) is 14.4. The summed E-state index contributed by atoms with van der Waals surface area (Å²) in [4.78, 5) is 64.7. The molecule has 0 aliphatic heterocycles. The summed E-state index contributed by atoms with van der Waals surface area (Å²) in [6.07, 6.45) is 0. The number of halogens is 5. The lowest BCUT2D eigenvalue weighted by Gasteiger charge is -2.25. The third-order valence-electron chi connectivity index (χ3n) is 2.73. The molecule has 196 valence electrons. The molecular formula is C14H18Cl5O12P3. The van der Waals surface area contributed by atoms with Gasteiger partial charge in [0.25, 0.3) is 0 Å². The summed E-state index contributed by atoms with van der Waals surface area (Å²) in [5, 5.41) is 1.28. The molecule has 34 heavy (non-hydrogen) atoms. The smallest absolute Gasteiger partial charge is 0.303 e. The summed E-state index contributed by atoms with van der Waals surface area (Å²) in [6, 6.07) is 14.5. The van der Waals surface area contributed by atoms with Gasteiger partial charge in [0, 0.05) is 10.0 Å². The van der Waals surface area contributed by atoms with E-state index in [9.17, 15) is 0 Å². The third-order valence-corrected chi connectivity index (χ3v) is 3.89. The molecule has 20 heteroatoms. The molecule has 0 aliphatic rings. The van der Waals surface area contributed by atoms with Crippen LogP contribution in [0.2, 0.25) is 10.0 Å². The lowest BCUT2D eigenvalue weighted by Crippen LogP contribution is -2.18. The molecule has 0 aromatic heterocycles. The second kappa shape index (κ2) is 15.5. The van der Waals surface area contributed by atoms with Gasteiger partial charge in [-0.3, -0.25) is 0 Å². The normalized spacial score (nSPS) is 11.9. The third kappa shape index (κ3) is 26.8. The molecule has 0 bridgehead atoms. The zero-order valence-electron chi connectivity index (χ0n) is 16.2. The number of hydrogen-bond acceptors (Lipinski definition) is 3. The SMILES string of the molecule is Clc1ccc(C(c2ccc(Cl)cc2)C(Cl)(Cl)Cl)cc1.O=P(O)(O)O.O=P(O)(O)O.O=P(O)(O)O. The molecule has 2 aromatic carbocycles. The largest absolute Gasteiger partial charge is 0.466 e. The van der Waals surface area contributed by atoms with E-state index in [0.29, 0.717) is 10.0 Å². The fourth-order valence-electron chi connectivity index (χ4n) is 1.88. The number of alkyl halides is 3. The van der Waals surface area contributed by atoms with Crippen molar-refractivity contribution in [1.82, 2.24) is 0 Å². The van der Waals surface area contributed by atoms with E-state index in [1.54, 1.807) is 24.3 Å². The van der Waals surface area contributed by atoms with Crippen molar-refractivity contribution < 1.29 is 57.7 Å². The molecule has 12 nitrogen and oxygen atoms in total. The fourth-order valence-corrected chi connectivity index (χ4v) is 2.89. The molecule has 0 saturated heterocycles. The Morgan fingerprint density at radius 3 is 0.853 bits per heavy atom. The minimum atomic E-state index is -4.64. The summed E-state index contributed by atoms with van der Waals surface area (Å²) < 4.78 is 25.2. The van der Waals surface area contributed by atoms with Gasteiger partial charge in [-0.1, -0.05) is 82.3 Å². The van der Waals surface area contributed by atoms with Crippen LogP contribution in [0.5, 0.6) is 0 Å². The van der Waals surface area contributed by atoms with Crippen molar-refractivity contribution in [2.75, 3.05) is 0 Å². The number of hydrogen-bond donors (Lipinski definition) is 9. The Hall–Kier alpha value is 0.220. The van der Waals surface area contributed by atoms with Gasteiger partial charge < -0.3 is 44.0 Å². The standard InChI is InChI=1S/C14H9Cl5.3H3O4P/c15-11-5-1-9(2-6-11)13(14(17,18)19)10-3-7-12(16)8-4-10;3*1-5(2,3)4/h1-8,13H;3*(H3,1,2,3,4). The summed E-state index contributed by atoms with van der Waals surface area (Å²) in [6.45, 7) is 0. The van der Waals surface area contributed by atoms with Crippen molar-refractivity contribution in [2.24, 2.45) is 0 Å². The average molecular weight is 648 g/mol. The van der Waals surface area contributed by atoms with Crippen molar-refractivity contribution in [3.63, 3.8) is 0 Å². The highest BCUT2D eigenvalue weighted by Crippen LogP contribution is 2.45. The average Bonchev–Trinajstić information content (AvgIpc) is 2.53. The van der Waals surface area contributed by atoms with E-state index in [2.05, 4.69) is 0 Å². The lowest BCUT2D eigenvalue weighted by atomic mass is 9.92. The first-order valence-electron chi connectivity index (χ1n) is 7.80. The van der Waals surface area contributed by atoms with E-state index in [4.69, 9.17) is 116 Å². The van der Waals surface area contributed by atoms with Crippen LogP contribution in [0, 0.1) is 0 Å². The molecule has 2 rings (SSSR count). The number of phosphoric acid groups is 3. The summed E-state index contributed by atoms with van der Waals surface area (Å²) in [5.74, 6) is -0.382. The Morgan fingerprint density at radius 1 is 0.529 bits per heavy atom. The van der Waals surface area contributed by atoms with E-state index < -0.39 is 27.3 Å². The Bertz CT molecular complexity index is 881. The zero-order chi connectivity index (χ0) is 27.5. The molecule has 0 unspecified atom stereocenters. The second-order valence-electron chi connectivity index (χ2n) is 5.62. The predicted molar refractivity (Wildman–Crippen MR) is 128 cm³/mol. The molecule has 0 atom stereocenters. The van der Waals surface area contributed by atoms with Crippen molar-refractivity contribution >= 4 is 81.5 Å². The maximum absolute atomic E-state index is 8.88. The predicted octanol–water partition coefficient (Wildman–Crippen LogP) is 3.71. The van der Waals surface area contributed by atoms with Gasteiger partial charge >= 0.3 is 23.5 Å². The lowest BCUT2D eigenvalue weighted by molar-refractivity contribution is 0.272. The van der Waals surface area contributed by atoms with Gasteiger partial charge in [-0.25, -0.2) is 13.7 Å². The molecule has 0 aliphatic carbocycles. The van der Waals surface area contributed by atoms with Gasteiger partial charge in [0.2, 0.25) is 3.79 Å². The monoisotopic (exact) mass is 646 g/mol. The summed E-state index contributed by atoms with van der Waals surface area (Å²) in [5.41, 5.74) is 1.76. The van der Waals surface area contributed by atoms with Gasteiger partial charge in [0.15, 0.2) is 0 Å². The Kier molecular flexibility index (Phi) is 16.5. The maximum Gasteiger partial charge on any atom is 0.466 e. The Labute approximate surface area is 218 Å². The van der Waals surface area contributed by atoms with E-state index in [0.717, 1.165) is 11.1 Å². The van der Waals surface area contributed by atoms with Crippen LogP contribution in [0.3, 0.4) is 0 Å². The van der Waals surface area contributed by atoms with E-state index in [-0.39, 0.29) is 5.92 Å². The van der Waals surface area contributed by atoms with E-state index in [1.165, 1.54) is 0 Å². The molecule has 9 N–H and O–H groups in total. The number of rotatable bonds is 2. The van der Waals surface area contributed by atoms with Crippen LogP contribution in [-0.2, 0) is 13.7 Å².